The molecule has 1 aromatic carbocycles. The Morgan fingerprint density at radius 3 is 2.43 bits per heavy atom. The molecule has 1 aliphatic heterocycles. The van der Waals surface area contributed by atoms with Gasteiger partial charge in [-0.3, -0.25) is 0 Å². The van der Waals surface area contributed by atoms with Gasteiger partial charge in [0.2, 0.25) is 0 Å². The van der Waals surface area contributed by atoms with Crippen molar-refractivity contribution in [3.63, 3.8) is 0 Å². The number of halogens is 1. The molecule has 1 aliphatic rings. The van der Waals surface area contributed by atoms with Crippen LogP contribution in [0, 0.1) is 6.92 Å². The summed E-state index contributed by atoms with van der Waals surface area (Å²) in [5.41, 5.74) is 0.624. The Morgan fingerprint density at radius 2 is 1.86 bits per heavy atom. The van der Waals surface area contributed by atoms with Crippen LogP contribution in [0.25, 0.3) is 0 Å². The van der Waals surface area contributed by atoms with Crippen molar-refractivity contribution in [2.24, 2.45) is 0 Å². The van der Waals surface area contributed by atoms with Crippen molar-refractivity contribution in [1.82, 2.24) is 4.90 Å². The molecular weight excluding hydrogens is 279 g/mol. The zero-order chi connectivity index (χ0) is 15.7. The number of aryl methyl sites for hydroxylation is 1. The first-order valence-electron chi connectivity index (χ1n) is 6.11. The Hall–Kier alpha value is -2.70. The lowest BCUT2D eigenvalue weighted by atomic mass is 10.1. The van der Waals surface area contributed by atoms with Crippen LogP contribution in [-0.4, -0.2) is 45.6 Å². The molecule has 1 unspecified atom stereocenters. The highest BCUT2D eigenvalue weighted by Crippen LogP contribution is 2.15. The quantitative estimate of drug-likeness (QED) is 0.573. The van der Waals surface area contributed by atoms with Crippen LogP contribution in [0.5, 0.6) is 0 Å². The van der Waals surface area contributed by atoms with E-state index in [-0.39, 0.29) is 10.5 Å². The number of alkyl halides is 1. The van der Waals surface area contributed by atoms with E-state index in [4.69, 9.17) is 0 Å². The van der Waals surface area contributed by atoms with Crippen LogP contribution >= 0.6 is 0 Å². The fraction of sp³-hybridized carbons (Fsp3) is 0.214. The number of carbonyl (C=O) groups is 4. The normalized spacial score (nSPS) is 18.5. The standard InChI is InChI=1S/C14H12FN2O4/c1-8-5-3-4-6-10(8)12(19)17-13(20)11(15)7-16(9(2)18)14(17)21/h3-7,11H,1-2H3/q+1. The second kappa shape index (κ2) is 5.35. The Balaban J connectivity index is 2.48. The highest BCUT2D eigenvalue weighted by atomic mass is 19.1. The summed E-state index contributed by atoms with van der Waals surface area (Å²) in [5, 5.41) is 0. The van der Waals surface area contributed by atoms with Crippen molar-refractivity contribution in [2.75, 3.05) is 0 Å². The molecule has 0 spiro atoms. The fourth-order valence-corrected chi connectivity index (χ4v) is 1.94. The smallest absolute Gasteiger partial charge is 0.247 e. The van der Waals surface area contributed by atoms with Crippen LogP contribution in [0.1, 0.15) is 22.8 Å². The van der Waals surface area contributed by atoms with Gasteiger partial charge in [-0.2, -0.15) is 4.79 Å². The van der Waals surface area contributed by atoms with E-state index in [0.717, 1.165) is 6.92 Å². The van der Waals surface area contributed by atoms with Gasteiger partial charge in [0.1, 0.15) is 6.21 Å². The van der Waals surface area contributed by atoms with E-state index in [1.165, 1.54) is 6.07 Å². The average molecular weight is 291 g/mol. The van der Waals surface area contributed by atoms with E-state index in [1.54, 1.807) is 25.1 Å². The summed E-state index contributed by atoms with van der Waals surface area (Å²) in [6, 6.07) is 5.10. The van der Waals surface area contributed by atoms with Crippen LogP contribution in [0.4, 0.5) is 9.18 Å². The SMILES string of the molecule is CC(=O)[N+]1=CC(F)C(=O)N(C(=O)c2ccccc2C)C1=O. The molecule has 108 valence electrons. The van der Waals surface area contributed by atoms with Crippen molar-refractivity contribution in [3.8, 4) is 0 Å². The number of imide groups is 4. The maximum Gasteiger partial charge on any atom is 0.516 e. The lowest BCUT2D eigenvalue weighted by Gasteiger charge is -2.17. The third kappa shape index (κ3) is 2.49. The highest BCUT2D eigenvalue weighted by molar-refractivity contribution is 6.21. The van der Waals surface area contributed by atoms with E-state index in [1.807, 2.05) is 0 Å². The Bertz CT molecular complexity index is 696. The van der Waals surface area contributed by atoms with Crippen molar-refractivity contribution >= 4 is 30.0 Å². The number of benzene rings is 1. The van der Waals surface area contributed by atoms with Gasteiger partial charge in [0, 0.05) is 6.92 Å². The molecule has 0 bridgehead atoms. The Labute approximate surface area is 119 Å². The van der Waals surface area contributed by atoms with Gasteiger partial charge in [-0.25, -0.2) is 18.8 Å². The van der Waals surface area contributed by atoms with Crippen LogP contribution in [0.2, 0.25) is 0 Å². The number of nitrogens with zero attached hydrogens (tertiary/aromatic N) is 2. The second-order valence-electron chi connectivity index (χ2n) is 4.52. The third-order valence-corrected chi connectivity index (χ3v) is 3.05. The van der Waals surface area contributed by atoms with E-state index < -0.39 is 29.9 Å². The molecule has 0 fully saturated rings. The molecule has 0 saturated heterocycles. The van der Waals surface area contributed by atoms with Crippen molar-refractivity contribution in [3.05, 3.63) is 35.4 Å². The number of amides is 5. The summed E-state index contributed by atoms with van der Waals surface area (Å²) in [6.45, 7) is 2.65. The first-order valence-corrected chi connectivity index (χ1v) is 6.11. The predicted octanol–water partition coefficient (Wildman–Crippen LogP) is 1.07. The van der Waals surface area contributed by atoms with Crippen molar-refractivity contribution in [1.29, 1.82) is 0 Å². The van der Waals surface area contributed by atoms with E-state index in [0.29, 0.717) is 16.4 Å². The summed E-state index contributed by atoms with van der Waals surface area (Å²) in [7, 11) is 0. The molecule has 2 rings (SSSR count). The molecule has 1 aromatic rings. The number of carbonyl (C=O) groups excluding carboxylic acids is 4. The Morgan fingerprint density at radius 1 is 1.24 bits per heavy atom. The minimum absolute atomic E-state index is 0.0943. The molecule has 0 N–H and O–H groups in total. The summed E-state index contributed by atoms with van der Waals surface area (Å²) in [6.07, 6.45) is -1.66. The molecule has 6 nitrogen and oxygen atoms in total. The minimum Gasteiger partial charge on any atom is -0.247 e. The lowest BCUT2D eigenvalue weighted by molar-refractivity contribution is -0.362. The molecular formula is C14H12FN2O4+. The molecule has 0 saturated carbocycles. The maximum atomic E-state index is 13.6. The van der Waals surface area contributed by atoms with E-state index in [2.05, 4.69) is 0 Å². The average Bonchev–Trinajstić information content (AvgIpc) is 2.43. The summed E-state index contributed by atoms with van der Waals surface area (Å²) >= 11 is 0. The van der Waals surface area contributed by atoms with Crippen LogP contribution in [0.15, 0.2) is 24.3 Å². The molecule has 0 radical (unpaired) electrons. The first-order chi connectivity index (χ1) is 9.84. The van der Waals surface area contributed by atoms with Gasteiger partial charge in [0.25, 0.3) is 6.17 Å². The number of rotatable bonds is 1. The maximum absolute atomic E-state index is 13.6. The summed E-state index contributed by atoms with van der Waals surface area (Å²) in [5.74, 6) is -3.03. The third-order valence-electron chi connectivity index (χ3n) is 3.05. The minimum atomic E-state index is -2.22. The second-order valence-corrected chi connectivity index (χ2v) is 4.52. The number of urea groups is 1. The Kier molecular flexibility index (Phi) is 3.75. The van der Waals surface area contributed by atoms with Crippen LogP contribution in [0.3, 0.4) is 0 Å². The number of hydrogen-bond donors (Lipinski definition) is 0. The highest BCUT2D eigenvalue weighted by Gasteiger charge is 2.49. The first kappa shape index (κ1) is 14.7. The summed E-state index contributed by atoms with van der Waals surface area (Å²) in [4.78, 5) is 47.6. The molecule has 1 heterocycles. The van der Waals surface area contributed by atoms with Gasteiger partial charge >= 0.3 is 23.8 Å². The molecule has 0 aromatic heterocycles. The largest absolute Gasteiger partial charge is 0.516 e. The van der Waals surface area contributed by atoms with Gasteiger partial charge in [-0.1, -0.05) is 23.1 Å². The molecule has 1 atom stereocenters. The van der Waals surface area contributed by atoms with Crippen LogP contribution in [-0.2, 0) is 9.59 Å². The van der Waals surface area contributed by atoms with Gasteiger partial charge < -0.3 is 0 Å². The molecule has 7 heteroatoms. The van der Waals surface area contributed by atoms with Crippen molar-refractivity contribution < 1.29 is 28.1 Å². The summed E-state index contributed by atoms with van der Waals surface area (Å²) < 4.78 is 14.1. The van der Waals surface area contributed by atoms with Crippen molar-refractivity contribution in [2.45, 2.75) is 20.0 Å². The molecule has 5 amide bonds. The zero-order valence-corrected chi connectivity index (χ0v) is 11.4. The van der Waals surface area contributed by atoms with E-state index in [9.17, 15) is 23.6 Å². The van der Waals surface area contributed by atoms with E-state index >= 15 is 0 Å². The van der Waals surface area contributed by atoms with Gasteiger partial charge in [0.05, 0.1) is 5.56 Å². The van der Waals surface area contributed by atoms with Crippen LogP contribution < -0.4 is 0 Å². The van der Waals surface area contributed by atoms with Gasteiger partial charge in [0.15, 0.2) is 0 Å². The lowest BCUT2D eigenvalue weighted by Crippen LogP contribution is -2.55. The van der Waals surface area contributed by atoms with Gasteiger partial charge in [-0.05, 0) is 18.6 Å². The number of hydrogen-bond acceptors (Lipinski definition) is 4. The zero-order valence-electron chi connectivity index (χ0n) is 11.4. The monoisotopic (exact) mass is 291 g/mol. The molecule has 21 heavy (non-hydrogen) atoms. The topological polar surface area (TPSA) is 74.5 Å². The fourth-order valence-electron chi connectivity index (χ4n) is 1.94. The predicted molar refractivity (Wildman–Crippen MR) is 69.7 cm³/mol. The van der Waals surface area contributed by atoms with Gasteiger partial charge in [-0.15, -0.1) is 4.58 Å². The molecule has 0 aliphatic carbocycles.